The minimum Gasteiger partial charge on any atom is -0.325 e. The van der Waals surface area contributed by atoms with Crippen molar-refractivity contribution in [3.05, 3.63) is 24.3 Å². The van der Waals surface area contributed by atoms with Crippen LogP contribution in [-0.4, -0.2) is 24.7 Å². The Morgan fingerprint density at radius 3 is 2.44 bits per heavy atom. The summed E-state index contributed by atoms with van der Waals surface area (Å²) in [6, 6.07) is 5.13. The monoisotopic (exact) mass is 271 g/mol. The second-order valence-corrected chi connectivity index (χ2v) is 5.25. The number of carbonyl (C=O) groups excluding carboxylic acids is 2. The lowest BCUT2D eigenvalue weighted by atomic mass is 10.1. The normalized spacial score (nSPS) is 12.8. The van der Waals surface area contributed by atoms with Gasteiger partial charge in [-0.05, 0) is 32.0 Å². The van der Waals surface area contributed by atoms with Gasteiger partial charge in [-0.1, -0.05) is 6.07 Å². The van der Waals surface area contributed by atoms with Crippen LogP contribution in [0.5, 0.6) is 0 Å². The molecule has 1 aromatic rings. The molecule has 1 aromatic carbocycles. The number of carbonyl (C=O) groups is 2. The number of rotatable bonds is 4. The first-order valence-corrected chi connectivity index (χ1v) is 6.54. The lowest BCUT2D eigenvalue weighted by Gasteiger charge is -2.09. The molecule has 1 rings (SSSR count). The molecule has 0 heterocycles. The molecule has 0 bridgehead atoms. The van der Waals surface area contributed by atoms with Crippen molar-refractivity contribution in [3.8, 4) is 0 Å². The van der Waals surface area contributed by atoms with Crippen LogP contribution in [0.2, 0.25) is 0 Å². The summed E-state index contributed by atoms with van der Waals surface area (Å²) in [7, 11) is -4.32. The van der Waals surface area contributed by atoms with Gasteiger partial charge in [-0.3, -0.25) is 14.1 Å². The van der Waals surface area contributed by atoms with E-state index >= 15 is 0 Å². The zero-order chi connectivity index (χ0) is 13.9. The van der Waals surface area contributed by atoms with E-state index in [9.17, 15) is 18.0 Å². The second-order valence-electron chi connectivity index (χ2n) is 3.82. The standard InChI is InChI=1S/C11H13NO5S/c1-7(8(2)13)11(14)12-9-4-3-5-10(6-9)18(15,16)17/h3-7H,1-2H3,(H,12,14)(H,15,16,17). The average molecular weight is 271 g/mol. The van der Waals surface area contributed by atoms with Crippen molar-refractivity contribution in [2.24, 2.45) is 5.92 Å². The molecule has 0 aliphatic rings. The number of hydrogen-bond acceptors (Lipinski definition) is 4. The van der Waals surface area contributed by atoms with Crippen LogP contribution in [0.4, 0.5) is 5.69 Å². The molecule has 1 unspecified atom stereocenters. The Morgan fingerprint density at radius 1 is 1.33 bits per heavy atom. The Labute approximate surface area is 105 Å². The Hall–Kier alpha value is -1.73. The van der Waals surface area contributed by atoms with Gasteiger partial charge in [0, 0.05) is 5.69 Å². The average Bonchev–Trinajstić information content (AvgIpc) is 2.27. The Morgan fingerprint density at radius 2 is 1.94 bits per heavy atom. The van der Waals surface area contributed by atoms with Gasteiger partial charge in [0.2, 0.25) is 5.91 Å². The van der Waals surface area contributed by atoms with Gasteiger partial charge in [0.05, 0.1) is 10.8 Å². The summed E-state index contributed by atoms with van der Waals surface area (Å²) in [5.74, 6) is -1.65. The molecule has 18 heavy (non-hydrogen) atoms. The molecule has 2 N–H and O–H groups in total. The van der Waals surface area contributed by atoms with Crippen molar-refractivity contribution in [1.82, 2.24) is 0 Å². The highest BCUT2D eigenvalue weighted by Crippen LogP contribution is 2.16. The molecule has 7 heteroatoms. The molecule has 0 saturated carbocycles. The zero-order valence-electron chi connectivity index (χ0n) is 9.88. The molecule has 0 radical (unpaired) electrons. The zero-order valence-corrected chi connectivity index (χ0v) is 10.7. The van der Waals surface area contributed by atoms with Crippen LogP contribution in [0.3, 0.4) is 0 Å². The summed E-state index contributed by atoms with van der Waals surface area (Å²) < 4.78 is 30.7. The van der Waals surface area contributed by atoms with Crippen molar-refractivity contribution in [2.75, 3.05) is 5.32 Å². The largest absolute Gasteiger partial charge is 0.325 e. The van der Waals surface area contributed by atoms with E-state index in [2.05, 4.69) is 5.32 Å². The number of anilines is 1. The predicted octanol–water partition coefficient (Wildman–Crippen LogP) is 1.10. The fourth-order valence-electron chi connectivity index (χ4n) is 1.17. The van der Waals surface area contributed by atoms with Crippen molar-refractivity contribution in [1.29, 1.82) is 0 Å². The minimum atomic E-state index is -4.32. The summed E-state index contributed by atoms with van der Waals surface area (Å²) in [5, 5.41) is 2.40. The quantitative estimate of drug-likeness (QED) is 0.630. The summed E-state index contributed by atoms with van der Waals surface area (Å²) >= 11 is 0. The Balaban J connectivity index is 2.93. The van der Waals surface area contributed by atoms with Crippen LogP contribution in [0, 0.1) is 5.92 Å². The second kappa shape index (κ2) is 5.28. The molecule has 1 amide bonds. The molecular formula is C11H13NO5S. The smallest absolute Gasteiger partial charge is 0.294 e. The highest BCUT2D eigenvalue weighted by molar-refractivity contribution is 7.85. The number of benzene rings is 1. The maximum absolute atomic E-state index is 11.6. The fraction of sp³-hybridized carbons (Fsp3) is 0.273. The molecule has 1 atom stereocenters. The molecule has 0 spiro atoms. The van der Waals surface area contributed by atoms with Gasteiger partial charge < -0.3 is 5.32 Å². The lowest BCUT2D eigenvalue weighted by Crippen LogP contribution is -2.25. The first-order chi connectivity index (χ1) is 8.21. The van der Waals surface area contributed by atoms with Gasteiger partial charge in [0.15, 0.2) is 0 Å². The predicted molar refractivity (Wildman–Crippen MR) is 64.7 cm³/mol. The molecule has 0 fully saturated rings. The third kappa shape index (κ3) is 3.64. The van der Waals surface area contributed by atoms with Gasteiger partial charge in [0.1, 0.15) is 5.78 Å². The SMILES string of the molecule is CC(=O)C(C)C(=O)Nc1cccc(S(=O)(=O)O)c1. The molecule has 0 aliphatic carbocycles. The van der Waals surface area contributed by atoms with Gasteiger partial charge in [-0.15, -0.1) is 0 Å². The van der Waals surface area contributed by atoms with Crippen molar-refractivity contribution in [2.45, 2.75) is 18.7 Å². The molecule has 0 aromatic heterocycles. The van der Waals surface area contributed by atoms with Crippen molar-refractivity contribution < 1.29 is 22.6 Å². The van der Waals surface area contributed by atoms with Gasteiger partial charge in [0.25, 0.3) is 10.1 Å². The van der Waals surface area contributed by atoms with E-state index in [1.54, 1.807) is 0 Å². The third-order valence-electron chi connectivity index (χ3n) is 2.40. The fourth-order valence-corrected chi connectivity index (χ4v) is 1.70. The van der Waals surface area contributed by atoms with Crippen LogP contribution >= 0.6 is 0 Å². The topological polar surface area (TPSA) is 101 Å². The van der Waals surface area contributed by atoms with Crippen LogP contribution in [0.15, 0.2) is 29.2 Å². The summed E-state index contributed by atoms with van der Waals surface area (Å²) in [6.45, 7) is 2.74. The number of Topliss-reactive ketones (excluding diaryl/α,β-unsaturated/α-hetero) is 1. The lowest BCUT2D eigenvalue weighted by molar-refractivity contribution is -0.129. The number of ketones is 1. The number of nitrogens with one attached hydrogen (secondary N) is 1. The Kier molecular flexibility index (Phi) is 4.20. The maximum atomic E-state index is 11.6. The van der Waals surface area contributed by atoms with Crippen LogP contribution in [0.25, 0.3) is 0 Å². The molecular weight excluding hydrogens is 258 g/mol. The van der Waals surface area contributed by atoms with Gasteiger partial charge in [-0.25, -0.2) is 0 Å². The van der Waals surface area contributed by atoms with Gasteiger partial charge in [-0.2, -0.15) is 8.42 Å². The number of hydrogen-bond donors (Lipinski definition) is 2. The van der Waals surface area contributed by atoms with Crippen molar-refractivity contribution in [3.63, 3.8) is 0 Å². The van der Waals surface area contributed by atoms with E-state index in [0.29, 0.717) is 0 Å². The van der Waals surface area contributed by atoms with E-state index in [-0.39, 0.29) is 16.4 Å². The van der Waals surface area contributed by atoms with E-state index in [1.165, 1.54) is 32.0 Å². The van der Waals surface area contributed by atoms with E-state index < -0.39 is 21.9 Å². The highest BCUT2D eigenvalue weighted by atomic mass is 32.2. The van der Waals surface area contributed by atoms with Crippen LogP contribution in [0.1, 0.15) is 13.8 Å². The first kappa shape index (κ1) is 14.3. The van der Waals surface area contributed by atoms with E-state index in [1.807, 2.05) is 0 Å². The molecule has 0 aliphatic heterocycles. The highest BCUT2D eigenvalue weighted by Gasteiger charge is 2.18. The molecule has 0 saturated heterocycles. The Bertz CT molecular complexity index is 579. The van der Waals surface area contributed by atoms with Crippen LogP contribution in [-0.2, 0) is 19.7 Å². The summed E-state index contributed by atoms with van der Waals surface area (Å²) in [5.41, 5.74) is 0.197. The van der Waals surface area contributed by atoms with E-state index in [4.69, 9.17) is 4.55 Å². The minimum absolute atomic E-state index is 0.197. The molecule has 98 valence electrons. The third-order valence-corrected chi connectivity index (χ3v) is 3.25. The maximum Gasteiger partial charge on any atom is 0.294 e. The first-order valence-electron chi connectivity index (χ1n) is 5.10. The van der Waals surface area contributed by atoms with Crippen molar-refractivity contribution >= 4 is 27.5 Å². The molecule has 6 nitrogen and oxygen atoms in total. The summed E-state index contributed by atoms with van der Waals surface area (Å²) in [6.07, 6.45) is 0. The van der Waals surface area contributed by atoms with E-state index in [0.717, 1.165) is 6.07 Å². The van der Waals surface area contributed by atoms with Crippen LogP contribution < -0.4 is 5.32 Å². The summed E-state index contributed by atoms with van der Waals surface area (Å²) in [4.78, 5) is 22.3. The van der Waals surface area contributed by atoms with Gasteiger partial charge >= 0.3 is 0 Å². The number of amides is 1.